The molecule has 0 atom stereocenters. The molecule has 3 aromatic carbocycles. The molecular formula is C31H31F6N7O4. The van der Waals surface area contributed by atoms with E-state index in [1.807, 2.05) is 4.90 Å². The lowest BCUT2D eigenvalue weighted by Crippen LogP contribution is -2.45. The second kappa shape index (κ2) is 14.8. The number of anilines is 2. The Morgan fingerprint density at radius 1 is 0.812 bits per heavy atom. The summed E-state index contributed by atoms with van der Waals surface area (Å²) in [6.45, 7) is 7.99. The first-order valence-corrected chi connectivity index (χ1v) is 14.5. The van der Waals surface area contributed by atoms with E-state index in [2.05, 4.69) is 37.9 Å². The van der Waals surface area contributed by atoms with Crippen LogP contribution in [0.25, 0.3) is 11.0 Å². The number of carboxylic acids is 1. The maximum Gasteiger partial charge on any atom is 0.490 e. The summed E-state index contributed by atoms with van der Waals surface area (Å²) in [7, 11) is 0. The highest BCUT2D eigenvalue weighted by atomic mass is 19.4. The molecule has 0 unspecified atom stereocenters. The van der Waals surface area contributed by atoms with Crippen molar-refractivity contribution in [3.8, 4) is 0 Å². The minimum absolute atomic E-state index is 0.0361. The number of hydrogen-bond acceptors (Lipinski definition) is 7. The second-order valence-electron chi connectivity index (χ2n) is 10.8. The number of benzene rings is 3. The van der Waals surface area contributed by atoms with Crippen LogP contribution in [0.5, 0.6) is 0 Å². The van der Waals surface area contributed by atoms with Gasteiger partial charge in [0.25, 0.3) is 11.8 Å². The number of aryl methyl sites for hydroxylation is 1. The maximum atomic E-state index is 14.0. The molecule has 2 amide bonds. The number of aromatic amines is 1. The first-order valence-electron chi connectivity index (χ1n) is 14.5. The number of aromatic nitrogens is 3. The summed E-state index contributed by atoms with van der Waals surface area (Å²) in [5.74, 6) is -3.76. The molecule has 2 heterocycles. The van der Waals surface area contributed by atoms with Crippen LogP contribution in [-0.4, -0.2) is 87.0 Å². The molecule has 5 rings (SSSR count). The van der Waals surface area contributed by atoms with Gasteiger partial charge in [-0.25, -0.2) is 4.79 Å². The van der Waals surface area contributed by atoms with Crippen LogP contribution in [0.15, 0.2) is 54.6 Å². The fourth-order valence-corrected chi connectivity index (χ4v) is 4.84. The van der Waals surface area contributed by atoms with Crippen molar-refractivity contribution in [3.05, 3.63) is 82.4 Å². The van der Waals surface area contributed by atoms with Gasteiger partial charge in [-0.3, -0.25) is 14.5 Å². The topological polar surface area (TPSA) is 144 Å². The molecule has 1 fully saturated rings. The minimum Gasteiger partial charge on any atom is -0.475 e. The molecule has 1 aromatic heterocycles. The Bertz CT molecular complexity index is 1780. The zero-order valence-electron chi connectivity index (χ0n) is 25.7. The van der Waals surface area contributed by atoms with Crippen molar-refractivity contribution in [3.63, 3.8) is 0 Å². The fraction of sp³-hybridized carbons (Fsp3) is 0.323. The average molecular weight is 680 g/mol. The monoisotopic (exact) mass is 679 g/mol. The van der Waals surface area contributed by atoms with Gasteiger partial charge in [-0.15, -0.1) is 0 Å². The number of nitrogens with zero attached hydrogens (tertiary/aromatic N) is 4. The van der Waals surface area contributed by atoms with Crippen molar-refractivity contribution in [1.29, 1.82) is 0 Å². The highest BCUT2D eigenvalue weighted by molar-refractivity contribution is 6.08. The lowest BCUT2D eigenvalue weighted by molar-refractivity contribution is -0.192. The summed E-state index contributed by atoms with van der Waals surface area (Å²) in [4.78, 5) is 39.1. The minimum atomic E-state index is -5.08. The number of carboxylic acid groups (broad SMARTS) is 1. The fourth-order valence-electron chi connectivity index (χ4n) is 4.84. The Morgan fingerprint density at radius 3 is 2.02 bits per heavy atom. The van der Waals surface area contributed by atoms with E-state index >= 15 is 0 Å². The molecule has 256 valence electrons. The molecule has 0 spiro atoms. The number of carbonyl (C=O) groups is 3. The summed E-state index contributed by atoms with van der Waals surface area (Å²) in [5, 5.41) is 22.9. The largest absolute Gasteiger partial charge is 0.490 e. The maximum absolute atomic E-state index is 14.0. The number of aliphatic carboxylic acids is 1. The van der Waals surface area contributed by atoms with E-state index in [4.69, 9.17) is 9.90 Å². The lowest BCUT2D eigenvalue weighted by atomic mass is 10.0. The van der Waals surface area contributed by atoms with Crippen LogP contribution in [-0.2, 0) is 17.5 Å². The van der Waals surface area contributed by atoms with Crippen molar-refractivity contribution in [2.45, 2.75) is 32.7 Å². The standard InChI is InChI=1S/C29H30F3N7O2.C2HF3O2/c1-3-38-10-12-39(13-11-38)17-21-6-8-22(16-23(21)29(30,31)32)33-27(40)19-5-4-18(2)25(14-19)34-28(41)20-7-9-24-26(15-20)36-37-35-24;3-2(4,5)1(6)7/h4-9,14-16H,3,10-13,17H2,1-2H3,(H,33,40)(H,34,41)(H,35,36,37);(H,6,7). The number of amides is 2. The van der Waals surface area contributed by atoms with Crippen molar-refractivity contribution in [2.75, 3.05) is 43.4 Å². The first-order chi connectivity index (χ1) is 22.5. The molecule has 4 N–H and O–H groups in total. The summed E-state index contributed by atoms with van der Waals surface area (Å²) >= 11 is 0. The van der Waals surface area contributed by atoms with Crippen LogP contribution in [0, 0.1) is 6.92 Å². The van der Waals surface area contributed by atoms with Crippen LogP contribution in [0.4, 0.5) is 37.7 Å². The molecule has 0 radical (unpaired) electrons. The molecule has 1 aliphatic rings. The Labute approximate surface area is 269 Å². The van der Waals surface area contributed by atoms with Crippen molar-refractivity contribution in [1.82, 2.24) is 25.2 Å². The summed E-state index contributed by atoms with van der Waals surface area (Å²) in [5.41, 5.74) is 2.24. The van der Waals surface area contributed by atoms with E-state index in [1.54, 1.807) is 37.3 Å². The van der Waals surface area contributed by atoms with E-state index in [0.717, 1.165) is 25.7 Å². The van der Waals surface area contributed by atoms with Gasteiger partial charge in [0.15, 0.2) is 0 Å². The number of likely N-dealkylation sites (N-methyl/N-ethyl adjacent to an activating group) is 1. The molecule has 4 aromatic rings. The predicted molar refractivity (Wildman–Crippen MR) is 163 cm³/mol. The van der Waals surface area contributed by atoms with E-state index in [0.29, 0.717) is 40.9 Å². The molecule has 1 saturated heterocycles. The predicted octanol–water partition coefficient (Wildman–Crippen LogP) is 5.56. The third-order valence-electron chi connectivity index (χ3n) is 7.55. The lowest BCUT2D eigenvalue weighted by Gasteiger charge is -2.34. The molecule has 17 heteroatoms. The Balaban J connectivity index is 0.000000671. The number of hydrogen-bond donors (Lipinski definition) is 4. The quantitative estimate of drug-likeness (QED) is 0.186. The molecule has 48 heavy (non-hydrogen) atoms. The number of alkyl halides is 6. The van der Waals surface area contributed by atoms with Gasteiger partial charge >= 0.3 is 18.3 Å². The average Bonchev–Trinajstić information content (AvgIpc) is 3.51. The highest BCUT2D eigenvalue weighted by Gasteiger charge is 2.38. The van der Waals surface area contributed by atoms with Crippen molar-refractivity contribution in [2.24, 2.45) is 0 Å². The van der Waals surface area contributed by atoms with Crippen LogP contribution >= 0.6 is 0 Å². The molecular weight excluding hydrogens is 648 g/mol. The van der Waals surface area contributed by atoms with Crippen LogP contribution in [0.2, 0.25) is 0 Å². The van der Waals surface area contributed by atoms with E-state index in [1.165, 1.54) is 18.2 Å². The number of piperazine rings is 1. The number of nitrogens with one attached hydrogen (secondary N) is 3. The SMILES string of the molecule is CCN1CCN(Cc2ccc(NC(=O)c3ccc(C)c(NC(=O)c4ccc5n[nH]nc5c4)c3)cc2C(F)(F)F)CC1.O=C(O)C(F)(F)F. The summed E-state index contributed by atoms with van der Waals surface area (Å²) < 4.78 is 73.7. The molecule has 0 saturated carbocycles. The van der Waals surface area contributed by atoms with Gasteiger partial charge < -0.3 is 20.6 Å². The van der Waals surface area contributed by atoms with Crippen molar-refractivity contribution < 1.29 is 45.8 Å². The Morgan fingerprint density at radius 2 is 1.40 bits per heavy atom. The number of fused-ring (bicyclic) bond motifs is 1. The molecule has 0 bridgehead atoms. The number of H-pyrrole nitrogens is 1. The Hall–Kier alpha value is -5.03. The van der Waals surface area contributed by atoms with Crippen LogP contribution < -0.4 is 10.6 Å². The molecule has 0 aliphatic carbocycles. The third-order valence-corrected chi connectivity index (χ3v) is 7.55. The third kappa shape index (κ3) is 9.28. The molecule has 1 aliphatic heterocycles. The van der Waals surface area contributed by atoms with Gasteiger partial charge in [-0.2, -0.15) is 41.8 Å². The zero-order chi connectivity index (χ0) is 35.2. The first kappa shape index (κ1) is 35.8. The smallest absolute Gasteiger partial charge is 0.475 e. The van der Waals surface area contributed by atoms with Gasteiger partial charge in [0.05, 0.1) is 5.56 Å². The van der Waals surface area contributed by atoms with E-state index < -0.39 is 35.7 Å². The van der Waals surface area contributed by atoms with Gasteiger partial charge in [-0.05, 0) is 67.1 Å². The number of rotatable bonds is 7. The number of carbonyl (C=O) groups excluding carboxylic acids is 2. The molecule has 11 nitrogen and oxygen atoms in total. The van der Waals surface area contributed by atoms with Crippen LogP contribution in [0.3, 0.4) is 0 Å². The van der Waals surface area contributed by atoms with Crippen LogP contribution in [0.1, 0.15) is 44.3 Å². The number of halogens is 6. The second-order valence-corrected chi connectivity index (χ2v) is 10.8. The highest BCUT2D eigenvalue weighted by Crippen LogP contribution is 2.35. The van der Waals surface area contributed by atoms with Gasteiger partial charge in [-0.1, -0.05) is 19.1 Å². The van der Waals surface area contributed by atoms with E-state index in [9.17, 15) is 35.9 Å². The van der Waals surface area contributed by atoms with E-state index in [-0.39, 0.29) is 23.4 Å². The summed E-state index contributed by atoms with van der Waals surface area (Å²) in [6, 6.07) is 13.5. The van der Waals surface area contributed by atoms with Gasteiger partial charge in [0.2, 0.25) is 0 Å². The zero-order valence-corrected chi connectivity index (χ0v) is 25.7. The van der Waals surface area contributed by atoms with Gasteiger partial charge in [0, 0.05) is 55.2 Å². The normalized spacial score (nSPS) is 14.2. The summed E-state index contributed by atoms with van der Waals surface area (Å²) in [6.07, 6.45) is -9.66. The van der Waals surface area contributed by atoms with Crippen molar-refractivity contribution >= 4 is 40.2 Å². The Kier molecular flexibility index (Phi) is 11.1. The van der Waals surface area contributed by atoms with Gasteiger partial charge in [0.1, 0.15) is 11.0 Å².